The van der Waals surface area contributed by atoms with Gasteiger partial charge in [0.2, 0.25) is 0 Å². The lowest BCUT2D eigenvalue weighted by atomic mass is 9.81. The molecule has 14 heavy (non-hydrogen) atoms. The van der Waals surface area contributed by atoms with Crippen LogP contribution in [0.2, 0.25) is 0 Å². The summed E-state index contributed by atoms with van der Waals surface area (Å²) in [5.41, 5.74) is -0.817. The number of ether oxygens (including phenoxy) is 1. The van der Waals surface area contributed by atoms with Crippen molar-refractivity contribution in [2.45, 2.75) is 37.4 Å². The summed E-state index contributed by atoms with van der Waals surface area (Å²) < 4.78 is 10.5. The van der Waals surface area contributed by atoms with E-state index in [0.29, 0.717) is 12.2 Å². The SMILES string of the molecule is COC1CCCC(O)(c2ccco2)C1. The maximum atomic E-state index is 10.4. The van der Waals surface area contributed by atoms with Crippen LogP contribution in [0.5, 0.6) is 0 Å². The van der Waals surface area contributed by atoms with Crippen molar-refractivity contribution in [3.63, 3.8) is 0 Å². The molecule has 1 saturated carbocycles. The van der Waals surface area contributed by atoms with Gasteiger partial charge in [-0.25, -0.2) is 0 Å². The summed E-state index contributed by atoms with van der Waals surface area (Å²) in [5, 5.41) is 10.4. The lowest BCUT2D eigenvalue weighted by Crippen LogP contribution is -2.35. The van der Waals surface area contributed by atoms with Crippen molar-refractivity contribution < 1.29 is 14.3 Å². The molecule has 2 rings (SSSR count). The second-order valence-corrected chi connectivity index (χ2v) is 3.96. The Morgan fingerprint density at radius 2 is 2.50 bits per heavy atom. The highest BCUT2D eigenvalue weighted by molar-refractivity contribution is 5.10. The summed E-state index contributed by atoms with van der Waals surface area (Å²) in [4.78, 5) is 0. The molecule has 0 aliphatic heterocycles. The Hall–Kier alpha value is -0.800. The molecule has 1 aromatic rings. The molecular weight excluding hydrogens is 180 g/mol. The van der Waals surface area contributed by atoms with Crippen LogP contribution in [0, 0.1) is 0 Å². The largest absolute Gasteiger partial charge is 0.466 e. The van der Waals surface area contributed by atoms with Gasteiger partial charge < -0.3 is 14.3 Å². The van der Waals surface area contributed by atoms with Crippen LogP contribution < -0.4 is 0 Å². The zero-order valence-electron chi connectivity index (χ0n) is 8.40. The number of hydrogen-bond donors (Lipinski definition) is 1. The zero-order valence-corrected chi connectivity index (χ0v) is 8.40. The van der Waals surface area contributed by atoms with Crippen LogP contribution in [0.4, 0.5) is 0 Å². The molecule has 3 heteroatoms. The molecule has 1 aliphatic rings. The van der Waals surface area contributed by atoms with Crippen LogP contribution in [0.3, 0.4) is 0 Å². The Morgan fingerprint density at radius 1 is 1.64 bits per heavy atom. The van der Waals surface area contributed by atoms with E-state index in [9.17, 15) is 5.11 Å². The van der Waals surface area contributed by atoms with Crippen LogP contribution >= 0.6 is 0 Å². The predicted octanol–water partition coefficient (Wildman–Crippen LogP) is 2.06. The van der Waals surface area contributed by atoms with Gasteiger partial charge in [-0.2, -0.15) is 0 Å². The molecule has 2 unspecified atom stereocenters. The van der Waals surface area contributed by atoms with Crippen molar-refractivity contribution in [3.05, 3.63) is 24.2 Å². The number of aliphatic hydroxyl groups is 1. The van der Waals surface area contributed by atoms with Crippen LogP contribution in [-0.2, 0) is 10.3 Å². The van der Waals surface area contributed by atoms with Gasteiger partial charge in [0.05, 0.1) is 12.4 Å². The molecule has 0 aromatic carbocycles. The fourth-order valence-electron chi connectivity index (χ4n) is 2.17. The van der Waals surface area contributed by atoms with Crippen molar-refractivity contribution in [1.82, 2.24) is 0 Å². The fraction of sp³-hybridized carbons (Fsp3) is 0.636. The first-order valence-electron chi connectivity index (χ1n) is 5.04. The normalized spacial score (nSPS) is 33.1. The third kappa shape index (κ3) is 1.70. The van der Waals surface area contributed by atoms with E-state index in [4.69, 9.17) is 9.15 Å². The molecule has 0 saturated heterocycles. The Labute approximate surface area is 83.7 Å². The first-order chi connectivity index (χ1) is 6.74. The molecule has 3 nitrogen and oxygen atoms in total. The first kappa shape index (κ1) is 9.74. The number of furan rings is 1. The quantitative estimate of drug-likeness (QED) is 0.787. The first-order valence-corrected chi connectivity index (χ1v) is 5.04. The van der Waals surface area contributed by atoms with Crippen LogP contribution in [0.15, 0.2) is 22.8 Å². The molecule has 1 heterocycles. The molecule has 0 amide bonds. The molecule has 1 N–H and O–H groups in total. The minimum Gasteiger partial charge on any atom is -0.466 e. The Balaban J connectivity index is 2.15. The number of methoxy groups -OCH3 is 1. The molecule has 0 radical (unpaired) electrons. The summed E-state index contributed by atoms with van der Waals surface area (Å²) in [7, 11) is 1.69. The van der Waals surface area contributed by atoms with E-state index in [1.54, 1.807) is 13.4 Å². The summed E-state index contributed by atoms with van der Waals surface area (Å²) in [6, 6.07) is 3.64. The Morgan fingerprint density at radius 3 is 3.14 bits per heavy atom. The molecule has 0 spiro atoms. The summed E-state index contributed by atoms with van der Waals surface area (Å²) in [6.45, 7) is 0. The predicted molar refractivity (Wildman–Crippen MR) is 51.9 cm³/mol. The summed E-state index contributed by atoms with van der Waals surface area (Å²) >= 11 is 0. The zero-order chi connectivity index (χ0) is 10.0. The third-order valence-corrected chi connectivity index (χ3v) is 2.99. The molecule has 2 atom stereocenters. The van der Waals surface area contributed by atoms with Gasteiger partial charge in [-0.05, 0) is 31.4 Å². The highest BCUT2D eigenvalue weighted by Crippen LogP contribution is 2.38. The van der Waals surface area contributed by atoms with Gasteiger partial charge in [-0.1, -0.05) is 0 Å². The van der Waals surface area contributed by atoms with Crippen molar-refractivity contribution in [3.8, 4) is 0 Å². The summed E-state index contributed by atoms with van der Waals surface area (Å²) in [5.74, 6) is 0.666. The number of rotatable bonds is 2. The molecule has 1 aliphatic carbocycles. The van der Waals surface area contributed by atoms with E-state index in [0.717, 1.165) is 19.3 Å². The van der Waals surface area contributed by atoms with Crippen molar-refractivity contribution in [1.29, 1.82) is 0 Å². The lowest BCUT2D eigenvalue weighted by Gasteiger charge is -2.34. The monoisotopic (exact) mass is 196 g/mol. The molecule has 78 valence electrons. The molecule has 1 fully saturated rings. The topological polar surface area (TPSA) is 42.6 Å². The molecule has 1 aromatic heterocycles. The second-order valence-electron chi connectivity index (χ2n) is 3.96. The Kier molecular flexibility index (Phi) is 2.61. The Bertz CT molecular complexity index is 281. The number of hydrogen-bond acceptors (Lipinski definition) is 3. The van der Waals surface area contributed by atoms with Crippen molar-refractivity contribution in [2.75, 3.05) is 7.11 Å². The van der Waals surface area contributed by atoms with Crippen LogP contribution in [0.25, 0.3) is 0 Å². The van der Waals surface area contributed by atoms with Crippen LogP contribution in [0.1, 0.15) is 31.4 Å². The average molecular weight is 196 g/mol. The smallest absolute Gasteiger partial charge is 0.135 e. The van der Waals surface area contributed by atoms with E-state index in [1.165, 1.54) is 0 Å². The van der Waals surface area contributed by atoms with Gasteiger partial charge >= 0.3 is 0 Å². The minimum absolute atomic E-state index is 0.152. The molecule has 0 bridgehead atoms. The standard InChI is InChI=1S/C11H16O3/c1-13-9-4-2-6-11(12,8-9)10-5-3-7-14-10/h3,5,7,9,12H,2,4,6,8H2,1H3. The minimum atomic E-state index is -0.817. The lowest BCUT2D eigenvalue weighted by molar-refractivity contribution is -0.0751. The van der Waals surface area contributed by atoms with Gasteiger partial charge in [0.1, 0.15) is 11.4 Å². The highest BCUT2D eigenvalue weighted by Gasteiger charge is 2.38. The molecular formula is C11H16O3. The van der Waals surface area contributed by atoms with Gasteiger partial charge in [0.15, 0.2) is 0 Å². The second kappa shape index (κ2) is 3.75. The maximum Gasteiger partial charge on any atom is 0.135 e. The van der Waals surface area contributed by atoms with Crippen molar-refractivity contribution >= 4 is 0 Å². The third-order valence-electron chi connectivity index (χ3n) is 2.99. The summed E-state index contributed by atoms with van der Waals surface area (Å²) in [6.07, 6.45) is 5.16. The average Bonchev–Trinajstić information content (AvgIpc) is 2.71. The fourth-order valence-corrected chi connectivity index (χ4v) is 2.17. The van der Waals surface area contributed by atoms with Gasteiger partial charge in [0.25, 0.3) is 0 Å². The van der Waals surface area contributed by atoms with E-state index in [-0.39, 0.29) is 6.10 Å². The highest BCUT2D eigenvalue weighted by atomic mass is 16.5. The van der Waals surface area contributed by atoms with E-state index < -0.39 is 5.60 Å². The van der Waals surface area contributed by atoms with Crippen molar-refractivity contribution in [2.24, 2.45) is 0 Å². The van der Waals surface area contributed by atoms with E-state index in [2.05, 4.69) is 0 Å². The van der Waals surface area contributed by atoms with Gasteiger partial charge in [0, 0.05) is 13.5 Å². The van der Waals surface area contributed by atoms with E-state index >= 15 is 0 Å². The van der Waals surface area contributed by atoms with Gasteiger partial charge in [-0.15, -0.1) is 0 Å². The van der Waals surface area contributed by atoms with Crippen LogP contribution in [-0.4, -0.2) is 18.3 Å². The maximum absolute atomic E-state index is 10.4. The van der Waals surface area contributed by atoms with Gasteiger partial charge in [-0.3, -0.25) is 0 Å². The van der Waals surface area contributed by atoms with E-state index in [1.807, 2.05) is 12.1 Å².